The molecule has 158 valence electrons. The lowest BCUT2D eigenvalue weighted by atomic mass is 10.1. The quantitative estimate of drug-likeness (QED) is 0.342. The van der Waals surface area contributed by atoms with Crippen molar-refractivity contribution in [2.45, 2.75) is 28.5 Å². The van der Waals surface area contributed by atoms with Crippen LogP contribution < -0.4 is 10.0 Å². The van der Waals surface area contributed by atoms with Gasteiger partial charge in [-0.3, -0.25) is 14.5 Å². The Balaban J connectivity index is 1.90. The van der Waals surface area contributed by atoms with Crippen LogP contribution in [0.2, 0.25) is 0 Å². The molecule has 0 aliphatic heterocycles. The molecule has 0 saturated heterocycles. The van der Waals surface area contributed by atoms with Gasteiger partial charge in [-0.1, -0.05) is 11.3 Å². The van der Waals surface area contributed by atoms with Crippen molar-refractivity contribution < 1.29 is 23.1 Å². The number of aliphatic carboxylic acids is 1. The van der Waals surface area contributed by atoms with Gasteiger partial charge in [0, 0.05) is 18.5 Å². The number of anilines is 1. The van der Waals surface area contributed by atoms with E-state index in [0.717, 1.165) is 0 Å². The molecule has 3 N–H and O–H groups in total. The summed E-state index contributed by atoms with van der Waals surface area (Å²) >= 11 is 5.49. The number of nitrogens with two attached hydrogens (primary N) is 1. The lowest BCUT2D eigenvalue weighted by Gasteiger charge is -2.22. The molecule has 12 heteroatoms. The van der Waals surface area contributed by atoms with Gasteiger partial charge >= 0.3 is 5.97 Å². The maximum absolute atomic E-state index is 13.1. The number of fused-ring (bicyclic) bond motifs is 1. The number of thiazole rings is 1. The minimum absolute atomic E-state index is 0.00456. The molecule has 3 rings (SSSR count). The molecule has 2 heterocycles. The number of hydrogen-bond acceptors (Lipinski definition) is 8. The van der Waals surface area contributed by atoms with Gasteiger partial charge in [0.05, 0.1) is 4.90 Å². The van der Waals surface area contributed by atoms with Gasteiger partial charge < -0.3 is 5.11 Å². The summed E-state index contributed by atoms with van der Waals surface area (Å²) in [4.78, 5) is 34.6. The number of sulfonamides is 1. The van der Waals surface area contributed by atoms with Crippen molar-refractivity contribution in [1.82, 2.24) is 9.97 Å². The molecule has 0 bridgehead atoms. The highest BCUT2D eigenvalue weighted by Crippen LogP contribution is 2.26. The van der Waals surface area contributed by atoms with Crippen molar-refractivity contribution in [3.63, 3.8) is 0 Å². The Bertz CT molecular complexity index is 1190. The maximum Gasteiger partial charge on any atom is 0.303 e. The highest BCUT2D eigenvalue weighted by atomic mass is 32.2. The molecule has 0 aliphatic rings. The predicted molar refractivity (Wildman–Crippen MR) is 116 cm³/mol. The van der Waals surface area contributed by atoms with E-state index < -0.39 is 21.9 Å². The smallest absolute Gasteiger partial charge is 0.303 e. The molecule has 9 nitrogen and oxygen atoms in total. The Morgan fingerprint density at radius 3 is 2.43 bits per heavy atom. The summed E-state index contributed by atoms with van der Waals surface area (Å²) in [5, 5.41) is 13.9. The summed E-state index contributed by atoms with van der Waals surface area (Å²) in [6, 6.07) is 8.67. The van der Waals surface area contributed by atoms with E-state index in [1.807, 2.05) is 0 Å². The number of rotatable bonds is 8. The predicted octanol–water partition coefficient (Wildman–Crippen LogP) is 2.53. The molecule has 0 radical (unpaired) electrons. The van der Waals surface area contributed by atoms with Crippen molar-refractivity contribution in [3.8, 4) is 0 Å². The van der Waals surface area contributed by atoms with Crippen LogP contribution in [0, 0.1) is 0 Å². The van der Waals surface area contributed by atoms with Crippen LogP contribution in [0.15, 0.2) is 45.6 Å². The Morgan fingerprint density at radius 1 is 1.10 bits per heavy atom. The molecule has 2 aromatic heterocycles. The van der Waals surface area contributed by atoms with Gasteiger partial charge in [0.15, 0.2) is 0 Å². The number of primary sulfonamides is 1. The lowest BCUT2D eigenvalue weighted by molar-refractivity contribution is -0.137. The molecular weight excluding hydrogens is 448 g/mol. The molecule has 1 amide bonds. The minimum Gasteiger partial charge on any atom is -0.481 e. The van der Waals surface area contributed by atoms with Gasteiger partial charge in [0.1, 0.15) is 20.5 Å². The van der Waals surface area contributed by atoms with E-state index >= 15 is 0 Å². The topological polar surface area (TPSA) is 144 Å². The lowest BCUT2D eigenvalue weighted by Crippen LogP contribution is -2.32. The van der Waals surface area contributed by atoms with Gasteiger partial charge in [0.2, 0.25) is 10.0 Å². The number of carboxylic acid groups (broad SMARTS) is 1. The van der Waals surface area contributed by atoms with Crippen LogP contribution in [-0.2, 0) is 14.8 Å². The zero-order valence-corrected chi connectivity index (χ0v) is 18.1. The third-order valence-corrected chi connectivity index (χ3v) is 6.27. The van der Waals surface area contributed by atoms with Crippen LogP contribution in [0.25, 0.3) is 10.3 Å². The SMILES string of the molecule is NS(=O)(=O)c1ccc(C(=O)N(CCCCC(=O)O)c2ccc3nc(S)sc3n2)cc1. The van der Waals surface area contributed by atoms with Crippen molar-refractivity contribution in [2.24, 2.45) is 5.14 Å². The molecule has 0 aliphatic carbocycles. The summed E-state index contributed by atoms with van der Waals surface area (Å²) in [5.74, 6) is -0.916. The van der Waals surface area contributed by atoms with Gasteiger partial charge in [0.25, 0.3) is 5.91 Å². The first-order valence-electron chi connectivity index (χ1n) is 8.78. The van der Waals surface area contributed by atoms with E-state index in [2.05, 4.69) is 22.6 Å². The van der Waals surface area contributed by atoms with E-state index in [9.17, 15) is 18.0 Å². The van der Waals surface area contributed by atoms with Crippen LogP contribution >= 0.6 is 24.0 Å². The number of pyridine rings is 1. The van der Waals surface area contributed by atoms with Crippen LogP contribution in [0.3, 0.4) is 0 Å². The monoisotopic (exact) mass is 466 g/mol. The van der Waals surface area contributed by atoms with Crippen LogP contribution in [0.4, 0.5) is 5.82 Å². The molecule has 0 spiro atoms. The molecule has 0 saturated carbocycles. The van der Waals surface area contributed by atoms with E-state index in [1.165, 1.54) is 40.5 Å². The summed E-state index contributed by atoms with van der Waals surface area (Å²) < 4.78 is 23.4. The van der Waals surface area contributed by atoms with Gasteiger partial charge in [-0.05, 0) is 49.2 Å². The fourth-order valence-electron chi connectivity index (χ4n) is 2.76. The number of benzene rings is 1. The fraction of sp³-hybridized carbons (Fsp3) is 0.222. The Morgan fingerprint density at radius 2 is 1.80 bits per heavy atom. The second-order valence-electron chi connectivity index (χ2n) is 6.37. The van der Waals surface area contributed by atoms with E-state index in [0.29, 0.717) is 33.3 Å². The summed E-state index contributed by atoms with van der Waals surface area (Å²) in [6.45, 7) is 0.244. The fourth-order valence-corrected chi connectivity index (χ4v) is 4.31. The average Bonchev–Trinajstić information content (AvgIpc) is 3.06. The van der Waals surface area contributed by atoms with E-state index in [-0.39, 0.29) is 23.4 Å². The highest BCUT2D eigenvalue weighted by molar-refractivity contribution is 7.89. The van der Waals surface area contributed by atoms with Crippen molar-refractivity contribution >= 4 is 62.0 Å². The molecule has 0 unspecified atom stereocenters. The van der Waals surface area contributed by atoms with Gasteiger partial charge in [-0.15, -0.1) is 12.6 Å². The zero-order chi connectivity index (χ0) is 21.9. The molecular formula is C18H18N4O5S3. The second kappa shape index (κ2) is 9.08. The number of thiol groups is 1. The molecule has 3 aromatic rings. The molecule has 30 heavy (non-hydrogen) atoms. The average molecular weight is 467 g/mol. The maximum atomic E-state index is 13.1. The largest absolute Gasteiger partial charge is 0.481 e. The minimum atomic E-state index is -3.87. The number of unbranched alkanes of at least 4 members (excludes halogenated alkanes) is 1. The van der Waals surface area contributed by atoms with Gasteiger partial charge in [-0.2, -0.15) is 0 Å². The van der Waals surface area contributed by atoms with Crippen molar-refractivity contribution in [1.29, 1.82) is 0 Å². The van der Waals surface area contributed by atoms with Crippen LogP contribution in [-0.4, -0.2) is 41.9 Å². The second-order valence-corrected chi connectivity index (χ2v) is 9.63. The number of amides is 1. The first kappa shape index (κ1) is 22.2. The highest BCUT2D eigenvalue weighted by Gasteiger charge is 2.20. The van der Waals surface area contributed by atoms with Crippen molar-refractivity contribution in [3.05, 3.63) is 42.0 Å². The Kier molecular flexibility index (Phi) is 6.71. The van der Waals surface area contributed by atoms with Crippen LogP contribution in [0.5, 0.6) is 0 Å². The molecule has 0 atom stereocenters. The number of carboxylic acids is 1. The third-order valence-electron chi connectivity index (χ3n) is 4.20. The summed E-state index contributed by atoms with van der Waals surface area (Å²) in [6.07, 6.45) is 0.843. The zero-order valence-electron chi connectivity index (χ0n) is 15.6. The first-order chi connectivity index (χ1) is 14.1. The Labute approximate surface area is 182 Å². The number of carbonyl (C=O) groups excluding carboxylic acids is 1. The molecule has 0 fully saturated rings. The normalized spacial score (nSPS) is 11.5. The number of carbonyl (C=O) groups is 2. The van der Waals surface area contributed by atoms with Crippen molar-refractivity contribution in [2.75, 3.05) is 11.4 Å². The first-order valence-corrected chi connectivity index (χ1v) is 11.6. The molecule has 1 aromatic carbocycles. The number of nitrogens with zero attached hydrogens (tertiary/aromatic N) is 3. The third kappa shape index (κ3) is 5.33. The Hall–Kier alpha value is -2.54. The number of hydrogen-bond donors (Lipinski definition) is 3. The number of aromatic nitrogens is 2. The summed E-state index contributed by atoms with van der Waals surface area (Å²) in [7, 11) is -3.87. The standard InChI is InChI=1S/C18H18N4O5S3/c19-30(26,27)12-6-4-11(5-7-12)17(25)22(10-2-1-3-15(23)24)14-9-8-13-16(21-14)29-18(28)20-13/h4-9H,1-3,10H2,(H,20,28)(H,23,24)(H2,19,26,27). The van der Waals surface area contributed by atoms with E-state index in [1.54, 1.807) is 12.1 Å². The van der Waals surface area contributed by atoms with Crippen LogP contribution in [0.1, 0.15) is 29.6 Å². The summed E-state index contributed by atoms with van der Waals surface area (Å²) in [5.41, 5.74) is 0.909. The van der Waals surface area contributed by atoms with E-state index in [4.69, 9.17) is 10.2 Å². The van der Waals surface area contributed by atoms with Gasteiger partial charge in [-0.25, -0.2) is 23.5 Å².